The summed E-state index contributed by atoms with van der Waals surface area (Å²) < 4.78 is 22.5. The quantitative estimate of drug-likeness (QED) is 0.826. The number of para-hydroxylation sites is 2. The predicted octanol–water partition coefficient (Wildman–Crippen LogP) is 3.10. The monoisotopic (exact) mass is 337 g/mol. The van der Waals surface area contributed by atoms with E-state index < -0.39 is 5.60 Å². The lowest BCUT2D eigenvalue weighted by molar-refractivity contribution is -0.0559. The van der Waals surface area contributed by atoms with Crippen LogP contribution in [0.1, 0.15) is 27.7 Å². The van der Waals surface area contributed by atoms with E-state index in [0.717, 1.165) is 0 Å². The Balaban J connectivity index is 1.88. The van der Waals surface area contributed by atoms with Crippen molar-refractivity contribution >= 4 is 6.09 Å². The van der Waals surface area contributed by atoms with E-state index in [4.69, 9.17) is 18.9 Å². The average molecular weight is 337 g/mol. The molecule has 6 nitrogen and oxygen atoms in total. The van der Waals surface area contributed by atoms with Gasteiger partial charge in [-0.1, -0.05) is 12.1 Å². The van der Waals surface area contributed by atoms with Crippen LogP contribution in [0.15, 0.2) is 24.3 Å². The summed E-state index contributed by atoms with van der Waals surface area (Å²) in [6.45, 7) is 9.88. The minimum atomic E-state index is -0.502. The van der Waals surface area contributed by atoms with E-state index >= 15 is 0 Å². The lowest BCUT2D eigenvalue weighted by atomic mass is 10.2. The third-order valence-corrected chi connectivity index (χ3v) is 3.36. The summed E-state index contributed by atoms with van der Waals surface area (Å²) in [4.78, 5) is 13.8. The number of ether oxygens (including phenoxy) is 4. The topological polar surface area (TPSA) is 57.2 Å². The maximum absolute atomic E-state index is 12.2. The molecule has 1 aliphatic heterocycles. The lowest BCUT2D eigenvalue weighted by Crippen LogP contribution is -2.49. The first-order chi connectivity index (χ1) is 11.4. The van der Waals surface area contributed by atoms with Gasteiger partial charge in [-0.05, 0) is 39.8 Å². The van der Waals surface area contributed by atoms with Crippen molar-refractivity contribution in [3.8, 4) is 11.5 Å². The highest BCUT2D eigenvalue weighted by atomic mass is 16.6. The van der Waals surface area contributed by atoms with Gasteiger partial charge in [-0.3, -0.25) is 0 Å². The maximum Gasteiger partial charge on any atom is 0.410 e. The second-order valence-corrected chi connectivity index (χ2v) is 6.61. The molecule has 0 N–H and O–H groups in total. The highest BCUT2D eigenvalue weighted by Crippen LogP contribution is 2.26. The highest BCUT2D eigenvalue weighted by molar-refractivity contribution is 5.68. The molecule has 1 fully saturated rings. The van der Waals surface area contributed by atoms with Gasteiger partial charge in [-0.2, -0.15) is 0 Å². The van der Waals surface area contributed by atoms with Gasteiger partial charge in [0.25, 0.3) is 0 Å². The summed E-state index contributed by atoms with van der Waals surface area (Å²) in [7, 11) is 0. The Morgan fingerprint density at radius 2 is 1.92 bits per heavy atom. The van der Waals surface area contributed by atoms with E-state index in [1.807, 2.05) is 52.0 Å². The van der Waals surface area contributed by atoms with E-state index in [1.54, 1.807) is 4.90 Å². The number of hydrogen-bond acceptors (Lipinski definition) is 5. The molecule has 0 radical (unpaired) electrons. The van der Waals surface area contributed by atoms with Crippen LogP contribution < -0.4 is 9.47 Å². The Morgan fingerprint density at radius 3 is 2.54 bits per heavy atom. The van der Waals surface area contributed by atoms with Crippen molar-refractivity contribution < 1.29 is 23.7 Å². The molecule has 0 bridgehead atoms. The zero-order valence-corrected chi connectivity index (χ0v) is 14.9. The van der Waals surface area contributed by atoms with Crippen molar-refractivity contribution in [2.75, 3.05) is 32.9 Å². The van der Waals surface area contributed by atoms with Crippen LogP contribution in [0.3, 0.4) is 0 Å². The Morgan fingerprint density at radius 1 is 1.25 bits per heavy atom. The summed E-state index contributed by atoms with van der Waals surface area (Å²) in [5.74, 6) is 1.39. The molecule has 1 heterocycles. The van der Waals surface area contributed by atoms with Crippen molar-refractivity contribution in [2.45, 2.75) is 39.4 Å². The minimum absolute atomic E-state index is 0.194. The van der Waals surface area contributed by atoms with Gasteiger partial charge in [-0.25, -0.2) is 4.79 Å². The molecule has 1 saturated heterocycles. The van der Waals surface area contributed by atoms with Crippen LogP contribution in [0.4, 0.5) is 4.79 Å². The van der Waals surface area contributed by atoms with Gasteiger partial charge in [0.2, 0.25) is 0 Å². The Hall–Kier alpha value is -1.95. The van der Waals surface area contributed by atoms with Crippen molar-refractivity contribution in [1.82, 2.24) is 4.90 Å². The molecule has 2 rings (SSSR count). The van der Waals surface area contributed by atoms with Crippen LogP contribution in [0, 0.1) is 0 Å². The van der Waals surface area contributed by atoms with E-state index in [1.165, 1.54) is 0 Å². The smallest absolute Gasteiger partial charge is 0.410 e. The average Bonchev–Trinajstić information content (AvgIpc) is 2.53. The van der Waals surface area contributed by atoms with Gasteiger partial charge in [0.05, 0.1) is 19.8 Å². The maximum atomic E-state index is 12.2. The molecule has 0 saturated carbocycles. The second kappa shape index (κ2) is 8.24. The van der Waals surface area contributed by atoms with Gasteiger partial charge < -0.3 is 23.8 Å². The Labute approximate surface area is 143 Å². The summed E-state index contributed by atoms with van der Waals surface area (Å²) in [5.41, 5.74) is -0.502. The molecule has 24 heavy (non-hydrogen) atoms. The molecule has 6 heteroatoms. The number of amides is 1. The summed E-state index contributed by atoms with van der Waals surface area (Å²) >= 11 is 0. The van der Waals surface area contributed by atoms with Crippen LogP contribution in [-0.2, 0) is 9.47 Å². The molecule has 1 aromatic rings. The number of hydrogen-bond donors (Lipinski definition) is 0. The van der Waals surface area contributed by atoms with E-state index in [-0.39, 0.29) is 12.2 Å². The standard InChI is InChI=1S/C18H27NO5/c1-5-21-15-8-6-7-9-16(15)23-13-14-12-19(10-11-22-14)17(20)24-18(2,3)4/h6-9,14H,5,10-13H2,1-4H3. The third kappa shape index (κ3) is 5.60. The molecule has 0 aromatic heterocycles. The van der Waals surface area contributed by atoms with E-state index in [0.29, 0.717) is 44.4 Å². The summed E-state index contributed by atoms with van der Waals surface area (Å²) in [6, 6.07) is 7.53. The largest absolute Gasteiger partial charge is 0.490 e. The van der Waals surface area contributed by atoms with Gasteiger partial charge in [-0.15, -0.1) is 0 Å². The van der Waals surface area contributed by atoms with E-state index in [2.05, 4.69) is 0 Å². The van der Waals surface area contributed by atoms with Crippen LogP contribution >= 0.6 is 0 Å². The second-order valence-electron chi connectivity index (χ2n) is 6.61. The number of carbonyl (C=O) groups excluding carboxylic acids is 1. The molecule has 1 unspecified atom stereocenters. The molecule has 1 aromatic carbocycles. The van der Waals surface area contributed by atoms with Crippen molar-refractivity contribution in [3.63, 3.8) is 0 Å². The Kier molecular flexibility index (Phi) is 6.31. The summed E-state index contributed by atoms with van der Waals surface area (Å²) in [5, 5.41) is 0. The van der Waals surface area contributed by atoms with Crippen LogP contribution in [0.5, 0.6) is 11.5 Å². The van der Waals surface area contributed by atoms with Crippen LogP contribution in [-0.4, -0.2) is 55.6 Å². The third-order valence-electron chi connectivity index (χ3n) is 3.36. The van der Waals surface area contributed by atoms with Crippen molar-refractivity contribution in [1.29, 1.82) is 0 Å². The molecule has 0 spiro atoms. The number of nitrogens with zero attached hydrogens (tertiary/aromatic N) is 1. The van der Waals surface area contributed by atoms with Crippen molar-refractivity contribution in [3.05, 3.63) is 24.3 Å². The van der Waals surface area contributed by atoms with Gasteiger partial charge >= 0.3 is 6.09 Å². The highest BCUT2D eigenvalue weighted by Gasteiger charge is 2.28. The number of benzene rings is 1. The fourth-order valence-electron chi connectivity index (χ4n) is 2.34. The molecule has 0 aliphatic carbocycles. The molecular weight excluding hydrogens is 310 g/mol. The molecular formula is C18H27NO5. The van der Waals surface area contributed by atoms with Crippen LogP contribution in [0.25, 0.3) is 0 Å². The first kappa shape index (κ1) is 18.4. The zero-order valence-electron chi connectivity index (χ0n) is 14.9. The predicted molar refractivity (Wildman–Crippen MR) is 90.7 cm³/mol. The number of morpholine rings is 1. The van der Waals surface area contributed by atoms with Gasteiger partial charge in [0.15, 0.2) is 11.5 Å². The lowest BCUT2D eigenvalue weighted by Gasteiger charge is -2.34. The van der Waals surface area contributed by atoms with Gasteiger partial charge in [0.1, 0.15) is 18.3 Å². The first-order valence-corrected chi connectivity index (χ1v) is 8.33. The Bertz CT molecular complexity index is 540. The summed E-state index contributed by atoms with van der Waals surface area (Å²) in [6.07, 6.45) is -0.508. The SMILES string of the molecule is CCOc1ccccc1OCC1CN(C(=O)OC(C)(C)C)CCO1. The fourth-order valence-corrected chi connectivity index (χ4v) is 2.34. The van der Waals surface area contributed by atoms with E-state index in [9.17, 15) is 4.79 Å². The molecule has 1 aliphatic rings. The van der Waals surface area contributed by atoms with Crippen molar-refractivity contribution in [2.24, 2.45) is 0 Å². The molecule has 1 amide bonds. The molecule has 1 atom stereocenters. The molecule has 134 valence electrons. The zero-order chi connectivity index (χ0) is 17.6. The number of rotatable bonds is 5. The van der Waals surface area contributed by atoms with Gasteiger partial charge in [0, 0.05) is 6.54 Å². The number of carbonyl (C=O) groups is 1. The van der Waals surface area contributed by atoms with Crippen LogP contribution in [0.2, 0.25) is 0 Å². The first-order valence-electron chi connectivity index (χ1n) is 8.33. The normalized spacial score (nSPS) is 18.2. The fraction of sp³-hybridized carbons (Fsp3) is 0.611. The minimum Gasteiger partial charge on any atom is -0.490 e.